The molecule has 1 heterocycles. The Labute approximate surface area is 71.3 Å². The average Bonchev–Trinajstić information content (AvgIpc) is 2.76. The van der Waals surface area contributed by atoms with Crippen molar-refractivity contribution in [2.24, 2.45) is 5.92 Å². The summed E-state index contributed by atoms with van der Waals surface area (Å²) in [7, 11) is 0. The number of hydrogen-bond donors (Lipinski definition) is 0. The Balaban J connectivity index is 1.85. The first-order valence-electron chi connectivity index (χ1n) is 4.17. The van der Waals surface area contributed by atoms with E-state index in [0.29, 0.717) is 19.0 Å². The summed E-state index contributed by atoms with van der Waals surface area (Å²) in [6.45, 7) is 1.37. The van der Waals surface area contributed by atoms with Gasteiger partial charge in [-0.3, -0.25) is 4.79 Å². The molecule has 0 spiro atoms. The molecule has 12 heavy (non-hydrogen) atoms. The number of rotatable bonds is 1. The van der Waals surface area contributed by atoms with E-state index in [0.717, 1.165) is 18.4 Å². The Hall–Kier alpha value is -1.30. The SMILES string of the molecule is N#CC=C1CN(C(=O)C2CC2)C1. The quantitative estimate of drug-likeness (QED) is 0.532. The van der Waals surface area contributed by atoms with E-state index in [2.05, 4.69) is 0 Å². The molecule has 0 atom stereocenters. The number of nitrogens with zero attached hydrogens (tertiary/aromatic N) is 2. The Morgan fingerprint density at radius 3 is 2.75 bits per heavy atom. The molecule has 1 saturated heterocycles. The molecule has 1 saturated carbocycles. The maximum Gasteiger partial charge on any atom is 0.226 e. The van der Waals surface area contributed by atoms with Gasteiger partial charge >= 0.3 is 0 Å². The summed E-state index contributed by atoms with van der Waals surface area (Å²) in [6, 6.07) is 1.97. The number of hydrogen-bond acceptors (Lipinski definition) is 2. The Bertz CT molecular complexity index is 275. The lowest BCUT2D eigenvalue weighted by atomic mass is 10.1. The van der Waals surface area contributed by atoms with Crippen LogP contribution in [0.25, 0.3) is 0 Å². The van der Waals surface area contributed by atoms with Gasteiger partial charge in [0.05, 0.1) is 6.07 Å². The predicted molar refractivity (Wildman–Crippen MR) is 43.0 cm³/mol. The van der Waals surface area contributed by atoms with E-state index >= 15 is 0 Å². The topological polar surface area (TPSA) is 44.1 Å². The molecule has 0 aromatic heterocycles. The molecule has 0 aromatic rings. The first kappa shape index (κ1) is 7.35. The highest BCUT2D eigenvalue weighted by atomic mass is 16.2. The van der Waals surface area contributed by atoms with Crippen LogP contribution in [0, 0.1) is 17.2 Å². The zero-order chi connectivity index (χ0) is 8.55. The predicted octanol–water partition coefficient (Wildman–Crippen LogP) is 0.689. The third-order valence-electron chi connectivity index (χ3n) is 2.29. The standard InChI is InChI=1S/C9H10N2O/c10-4-3-7-5-11(6-7)9(12)8-1-2-8/h3,8H,1-2,5-6H2. The van der Waals surface area contributed by atoms with Crippen molar-refractivity contribution in [3.63, 3.8) is 0 Å². The van der Waals surface area contributed by atoms with Crippen molar-refractivity contribution < 1.29 is 4.79 Å². The second-order valence-electron chi connectivity index (χ2n) is 3.40. The smallest absolute Gasteiger partial charge is 0.226 e. The molecule has 62 valence electrons. The highest BCUT2D eigenvalue weighted by molar-refractivity contribution is 5.82. The van der Waals surface area contributed by atoms with Gasteiger partial charge in [0.25, 0.3) is 0 Å². The van der Waals surface area contributed by atoms with Crippen molar-refractivity contribution >= 4 is 5.91 Å². The fraction of sp³-hybridized carbons (Fsp3) is 0.556. The zero-order valence-electron chi connectivity index (χ0n) is 6.79. The molecule has 2 rings (SSSR count). The van der Waals surface area contributed by atoms with E-state index in [1.54, 1.807) is 0 Å². The lowest BCUT2D eigenvalue weighted by Crippen LogP contribution is -2.45. The van der Waals surface area contributed by atoms with E-state index in [1.807, 2.05) is 11.0 Å². The van der Waals surface area contributed by atoms with E-state index in [9.17, 15) is 4.79 Å². The van der Waals surface area contributed by atoms with Gasteiger partial charge in [0.1, 0.15) is 0 Å². The normalized spacial score (nSPS) is 21.2. The molecule has 1 aliphatic heterocycles. The first-order valence-corrected chi connectivity index (χ1v) is 4.17. The van der Waals surface area contributed by atoms with Crippen LogP contribution < -0.4 is 0 Å². The van der Waals surface area contributed by atoms with Gasteiger partial charge in [0, 0.05) is 25.1 Å². The van der Waals surface area contributed by atoms with Crippen molar-refractivity contribution in [3.8, 4) is 6.07 Å². The van der Waals surface area contributed by atoms with Gasteiger partial charge in [-0.15, -0.1) is 0 Å². The lowest BCUT2D eigenvalue weighted by Gasteiger charge is -2.33. The molecular formula is C9H10N2O. The van der Waals surface area contributed by atoms with Crippen molar-refractivity contribution in [1.29, 1.82) is 5.26 Å². The summed E-state index contributed by atoms with van der Waals surface area (Å²) in [6.07, 6.45) is 3.66. The summed E-state index contributed by atoms with van der Waals surface area (Å²) >= 11 is 0. The number of amides is 1. The minimum atomic E-state index is 0.282. The summed E-state index contributed by atoms with van der Waals surface area (Å²) in [4.78, 5) is 13.2. The number of carbonyl (C=O) groups excluding carboxylic acids is 1. The van der Waals surface area contributed by atoms with E-state index in [-0.39, 0.29) is 5.91 Å². The molecule has 0 aromatic carbocycles. The lowest BCUT2D eigenvalue weighted by molar-refractivity contribution is -0.133. The van der Waals surface area contributed by atoms with Crippen LogP contribution in [0.2, 0.25) is 0 Å². The summed E-state index contributed by atoms with van der Waals surface area (Å²) in [5, 5.41) is 8.32. The van der Waals surface area contributed by atoms with Crippen molar-refractivity contribution in [2.45, 2.75) is 12.8 Å². The number of nitriles is 1. The minimum absolute atomic E-state index is 0.282. The fourth-order valence-electron chi connectivity index (χ4n) is 1.37. The van der Waals surface area contributed by atoms with Crippen molar-refractivity contribution in [2.75, 3.05) is 13.1 Å². The molecule has 3 nitrogen and oxygen atoms in total. The van der Waals surface area contributed by atoms with Crippen LogP contribution in [-0.4, -0.2) is 23.9 Å². The molecule has 1 amide bonds. The zero-order valence-corrected chi connectivity index (χ0v) is 6.79. The molecule has 0 radical (unpaired) electrons. The minimum Gasteiger partial charge on any atom is -0.334 e. The number of carbonyl (C=O) groups is 1. The molecule has 0 unspecified atom stereocenters. The van der Waals surface area contributed by atoms with Crippen LogP contribution in [0.5, 0.6) is 0 Å². The van der Waals surface area contributed by atoms with Crippen LogP contribution in [-0.2, 0) is 4.79 Å². The fourth-order valence-corrected chi connectivity index (χ4v) is 1.37. The van der Waals surface area contributed by atoms with Gasteiger partial charge in [0.15, 0.2) is 0 Å². The molecule has 2 fully saturated rings. The maximum atomic E-state index is 11.4. The second kappa shape index (κ2) is 2.63. The van der Waals surface area contributed by atoms with Crippen LogP contribution in [0.4, 0.5) is 0 Å². The molecule has 2 aliphatic rings. The molecule has 1 aliphatic carbocycles. The van der Waals surface area contributed by atoms with Gasteiger partial charge in [-0.1, -0.05) is 0 Å². The third kappa shape index (κ3) is 1.20. The molecule has 0 N–H and O–H groups in total. The van der Waals surface area contributed by atoms with E-state index < -0.39 is 0 Å². The third-order valence-corrected chi connectivity index (χ3v) is 2.29. The molecule has 0 bridgehead atoms. The van der Waals surface area contributed by atoms with Gasteiger partial charge in [-0.05, 0) is 18.4 Å². The Morgan fingerprint density at radius 2 is 2.25 bits per heavy atom. The van der Waals surface area contributed by atoms with Crippen LogP contribution in [0.3, 0.4) is 0 Å². The monoisotopic (exact) mass is 162 g/mol. The first-order chi connectivity index (χ1) is 5.81. The van der Waals surface area contributed by atoms with E-state index in [1.165, 1.54) is 6.08 Å². The highest BCUT2D eigenvalue weighted by Crippen LogP contribution is 2.33. The largest absolute Gasteiger partial charge is 0.334 e. The Kier molecular flexibility index (Phi) is 1.61. The summed E-state index contributed by atoms with van der Waals surface area (Å²) < 4.78 is 0. The second-order valence-corrected chi connectivity index (χ2v) is 3.40. The van der Waals surface area contributed by atoms with Gasteiger partial charge in [0.2, 0.25) is 5.91 Å². The van der Waals surface area contributed by atoms with E-state index in [4.69, 9.17) is 5.26 Å². The molecular weight excluding hydrogens is 152 g/mol. The van der Waals surface area contributed by atoms with Crippen molar-refractivity contribution in [3.05, 3.63) is 11.6 Å². The van der Waals surface area contributed by atoms with Crippen LogP contribution in [0.15, 0.2) is 11.6 Å². The number of allylic oxidation sites excluding steroid dienone is 1. The average molecular weight is 162 g/mol. The number of likely N-dealkylation sites (tertiary alicyclic amines) is 1. The van der Waals surface area contributed by atoms with Crippen molar-refractivity contribution in [1.82, 2.24) is 4.90 Å². The highest BCUT2D eigenvalue weighted by Gasteiger charge is 2.36. The van der Waals surface area contributed by atoms with Gasteiger partial charge in [-0.2, -0.15) is 5.26 Å². The van der Waals surface area contributed by atoms with Crippen LogP contribution in [0.1, 0.15) is 12.8 Å². The summed E-state index contributed by atoms with van der Waals surface area (Å²) in [5.74, 6) is 0.596. The maximum absolute atomic E-state index is 11.4. The summed E-state index contributed by atoms with van der Waals surface area (Å²) in [5.41, 5.74) is 1.08. The molecule has 3 heteroatoms. The van der Waals surface area contributed by atoms with Crippen LogP contribution >= 0.6 is 0 Å². The Morgan fingerprint density at radius 1 is 1.58 bits per heavy atom. The van der Waals surface area contributed by atoms with Gasteiger partial charge in [-0.25, -0.2) is 0 Å². The van der Waals surface area contributed by atoms with Gasteiger partial charge < -0.3 is 4.90 Å².